The highest BCUT2D eigenvalue weighted by atomic mass is 127. The Bertz CT molecular complexity index is 548. The summed E-state index contributed by atoms with van der Waals surface area (Å²) in [7, 11) is 0. The van der Waals surface area contributed by atoms with Gasteiger partial charge in [0.05, 0.1) is 6.61 Å². The van der Waals surface area contributed by atoms with E-state index in [0.29, 0.717) is 13.2 Å². The van der Waals surface area contributed by atoms with Crippen LogP contribution in [0.15, 0.2) is 18.2 Å². The van der Waals surface area contributed by atoms with Crippen LogP contribution >= 0.6 is 22.6 Å². The fourth-order valence-corrected chi connectivity index (χ4v) is 4.05. The normalized spacial score (nSPS) is 10.9. The fourth-order valence-electron chi connectivity index (χ4n) is 3.52. The Hall–Kier alpha value is -0.780. The summed E-state index contributed by atoms with van der Waals surface area (Å²) in [4.78, 5) is 11.8. The Morgan fingerprint density at radius 1 is 0.862 bits per heavy atom. The second-order valence-corrected chi connectivity index (χ2v) is 9.34. The fraction of sp³-hybridized carbons (Fsp3) is 0.720. The first-order chi connectivity index (χ1) is 14.1. The summed E-state index contributed by atoms with van der Waals surface area (Å²) in [5.74, 6) is 0. The van der Waals surface area contributed by atoms with Gasteiger partial charge in [0.25, 0.3) is 0 Å². The molecule has 0 radical (unpaired) electrons. The smallest absolute Gasteiger partial charge is 0.407 e. The Balaban J connectivity index is 1.86. The third kappa shape index (κ3) is 14.8. The van der Waals surface area contributed by atoms with E-state index < -0.39 is 0 Å². The lowest BCUT2D eigenvalue weighted by Gasteiger charge is -2.09. The molecule has 0 heterocycles. The van der Waals surface area contributed by atoms with E-state index in [0.717, 1.165) is 18.4 Å². The molecule has 0 saturated carbocycles. The summed E-state index contributed by atoms with van der Waals surface area (Å²) in [6.45, 7) is 5.39. The molecule has 1 rings (SSSR count). The highest BCUT2D eigenvalue weighted by molar-refractivity contribution is 14.1. The molecule has 0 unspecified atom stereocenters. The molecule has 0 fully saturated rings. The monoisotopic (exact) mass is 515 g/mol. The number of nitrogens with one attached hydrogen (secondary N) is 1. The summed E-state index contributed by atoms with van der Waals surface area (Å²) < 4.78 is 6.46. The molecule has 0 saturated heterocycles. The highest BCUT2D eigenvalue weighted by Gasteiger charge is 2.05. The number of carbonyl (C=O) groups excluding carboxylic acids is 1. The zero-order chi connectivity index (χ0) is 21.2. The number of ether oxygens (including phenoxy) is 1. The van der Waals surface area contributed by atoms with Crippen molar-refractivity contribution in [3.05, 3.63) is 32.9 Å². The van der Waals surface area contributed by atoms with E-state index in [9.17, 15) is 4.79 Å². The molecule has 29 heavy (non-hydrogen) atoms. The van der Waals surface area contributed by atoms with Crippen LogP contribution in [-0.4, -0.2) is 12.7 Å². The van der Waals surface area contributed by atoms with Gasteiger partial charge in [0.1, 0.15) is 0 Å². The van der Waals surface area contributed by atoms with Crippen molar-refractivity contribution < 1.29 is 9.53 Å². The van der Waals surface area contributed by atoms with Crippen LogP contribution in [0.4, 0.5) is 4.79 Å². The van der Waals surface area contributed by atoms with Crippen LogP contribution in [0.1, 0.15) is 108 Å². The van der Waals surface area contributed by atoms with Crippen LogP contribution in [0.5, 0.6) is 0 Å². The molecule has 3 nitrogen and oxygen atoms in total. The minimum Gasteiger partial charge on any atom is -0.450 e. The summed E-state index contributed by atoms with van der Waals surface area (Å²) in [6, 6.07) is 6.27. The average molecular weight is 516 g/mol. The van der Waals surface area contributed by atoms with E-state index in [4.69, 9.17) is 4.74 Å². The number of amides is 1. The van der Waals surface area contributed by atoms with Crippen molar-refractivity contribution in [1.29, 1.82) is 0 Å². The van der Waals surface area contributed by atoms with Gasteiger partial charge >= 0.3 is 6.09 Å². The molecule has 0 aliphatic carbocycles. The first-order valence-electron chi connectivity index (χ1n) is 11.8. The maximum atomic E-state index is 11.8. The summed E-state index contributed by atoms with van der Waals surface area (Å²) in [5, 5.41) is 2.85. The second kappa shape index (κ2) is 18.0. The molecule has 1 amide bonds. The van der Waals surface area contributed by atoms with E-state index in [1.807, 2.05) is 0 Å². The number of hydrogen-bond acceptors (Lipinski definition) is 2. The van der Waals surface area contributed by atoms with Crippen LogP contribution in [0.2, 0.25) is 0 Å². The molecule has 1 aromatic carbocycles. The number of halogens is 1. The number of aryl methyl sites for hydroxylation is 1. The van der Waals surface area contributed by atoms with E-state index in [2.05, 4.69) is 60.0 Å². The van der Waals surface area contributed by atoms with E-state index in [1.54, 1.807) is 0 Å². The van der Waals surface area contributed by atoms with Crippen LogP contribution in [0.25, 0.3) is 0 Å². The minimum atomic E-state index is -0.308. The Kier molecular flexibility index (Phi) is 16.3. The standard InChI is InChI=1S/C25H42INO2/c1-3-4-5-6-7-8-9-10-11-12-13-14-15-16-19-29-25(28)27-21-23-20-22(2)17-18-24(23)26/h17-18,20H,3-16,19,21H2,1-2H3,(H,27,28). The predicted molar refractivity (Wildman–Crippen MR) is 132 cm³/mol. The first-order valence-corrected chi connectivity index (χ1v) is 12.9. The van der Waals surface area contributed by atoms with E-state index in [1.165, 1.54) is 86.2 Å². The summed E-state index contributed by atoms with van der Waals surface area (Å²) in [5.41, 5.74) is 2.34. The number of rotatable bonds is 17. The van der Waals surface area contributed by atoms with Gasteiger partial charge in [-0.15, -0.1) is 0 Å². The first kappa shape index (κ1) is 26.3. The van der Waals surface area contributed by atoms with Crippen molar-refractivity contribution in [2.24, 2.45) is 0 Å². The third-order valence-electron chi connectivity index (χ3n) is 5.36. The third-order valence-corrected chi connectivity index (χ3v) is 6.41. The summed E-state index contributed by atoms with van der Waals surface area (Å²) in [6.07, 6.45) is 18.4. The minimum absolute atomic E-state index is 0.308. The Labute approximate surface area is 192 Å². The van der Waals surface area contributed by atoms with Gasteiger partial charge < -0.3 is 10.1 Å². The molecule has 1 N–H and O–H groups in total. The van der Waals surface area contributed by atoms with Crippen LogP contribution in [0.3, 0.4) is 0 Å². The zero-order valence-corrected chi connectivity index (χ0v) is 20.9. The van der Waals surface area contributed by atoms with Crippen molar-refractivity contribution in [2.45, 2.75) is 110 Å². The molecule has 4 heteroatoms. The molecule has 1 aromatic rings. The van der Waals surface area contributed by atoms with Crippen molar-refractivity contribution in [3.8, 4) is 0 Å². The molecule has 0 aromatic heterocycles. The van der Waals surface area contributed by atoms with Gasteiger partial charge in [-0.1, -0.05) is 108 Å². The molecule has 0 aliphatic rings. The molecular weight excluding hydrogens is 473 g/mol. The van der Waals surface area contributed by atoms with Gasteiger partial charge in [-0.2, -0.15) is 0 Å². The SMILES string of the molecule is CCCCCCCCCCCCCCCCOC(=O)NCc1cc(C)ccc1I. The van der Waals surface area contributed by atoms with Crippen LogP contribution in [-0.2, 0) is 11.3 Å². The number of unbranched alkanes of at least 4 members (excludes halogenated alkanes) is 13. The van der Waals surface area contributed by atoms with Gasteiger partial charge in [-0.3, -0.25) is 0 Å². The zero-order valence-electron chi connectivity index (χ0n) is 18.7. The molecular formula is C25H42INO2. The number of benzene rings is 1. The second-order valence-electron chi connectivity index (χ2n) is 8.18. The number of alkyl carbamates (subject to hydrolysis) is 1. The average Bonchev–Trinajstić information content (AvgIpc) is 2.71. The summed E-state index contributed by atoms with van der Waals surface area (Å²) >= 11 is 2.30. The lowest BCUT2D eigenvalue weighted by Crippen LogP contribution is -2.24. The van der Waals surface area contributed by atoms with Crippen molar-refractivity contribution in [3.63, 3.8) is 0 Å². The maximum absolute atomic E-state index is 11.8. The van der Waals surface area contributed by atoms with Crippen LogP contribution in [0, 0.1) is 10.5 Å². The molecule has 0 bridgehead atoms. The molecule has 0 spiro atoms. The van der Waals surface area contributed by atoms with Crippen LogP contribution < -0.4 is 5.32 Å². The topological polar surface area (TPSA) is 38.3 Å². The predicted octanol–water partition coefficient (Wildman–Crippen LogP) is 8.31. The maximum Gasteiger partial charge on any atom is 0.407 e. The molecule has 166 valence electrons. The van der Waals surface area contributed by atoms with E-state index >= 15 is 0 Å². The number of carbonyl (C=O) groups is 1. The molecule has 0 aliphatic heterocycles. The Morgan fingerprint density at radius 2 is 1.38 bits per heavy atom. The van der Waals surface area contributed by atoms with Gasteiger partial charge in [0.15, 0.2) is 0 Å². The lowest BCUT2D eigenvalue weighted by atomic mass is 10.0. The Morgan fingerprint density at radius 3 is 1.93 bits per heavy atom. The van der Waals surface area contributed by atoms with Gasteiger partial charge in [0, 0.05) is 10.1 Å². The number of hydrogen-bond donors (Lipinski definition) is 1. The van der Waals surface area contributed by atoms with Gasteiger partial charge in [0.2, 0.25) is 0 Å². The van der Waals surface area contributed by atoms with Crippen molar-refractivity contribution in [1.82, 2.24) is 5.32 Å². The largest absolute Gasteiger partial charge is 0.450 e. The molecule has 0 atom stereocenters. The van der Waals surface area contributed by atoms with E-state index in [-0.39, 0.29) is 6.09 Å². The van der Waals surface area contributed by atoms with Crippen molar-refractivity contribution >= 4 is 28.7 Å². The van der Waals surface area contributed by atoms with Gasteiger partial charge in [-0.25, -0.2) is 4.79 Å². The highest BCUT2D eigenvalue weighted by Crippen LogP contribution is 2.14. The van der Waals surface area contributed by atoms with Crippen molar-refractivity contribution in [2.75, 3.05) is 6.61 Å². The van der Waals surface area contributed by atoms with Gasteiger partial charge in [-0.05, 0) is 47.6 Å². The lowest BCUT2D eigenvalue weighted by molar-refractivity contribution is 0.143. The quantitative estimate of drug-likeness (QED) is 0.167.